The molecule has 0 fully saturated rings. The molecule has 0 saturated carbocycles. The van der Waals surface area contributed by atoms with E-state index in [0.717, 1.165) is 49.0 Å². The molecule has 1 aliphatic rings. The largest absolute Gasteiger partial charge is 0.432 e. The van der Waals surface area contributed by atoms with Crippen LogP contribution in [0.3, 0.4) is 0 Å². The van der Waals surface area contributed by atoms with Gasteiger partial charge in [-0.3, -0.25) is 24.0 Å². The SMILES string of the molecule is C=CCn1c(=O)c2cnc(Nc3ccc(N(C[CH2-])C[CH2-])cc3)nc2n1-c1cccc(C(C)(C)O)n1.[CH2-]c1ccc(NC(=O)[C@H](C)NC(=O)[C@@H](NC(=O)COCCOCCOCCNC(=O)COC2CC/C=C/CCC2)C(C)C)cc1.[CH3-].[Nd]. The van der Waals surface area contributed by atoms with E-state index >= 15 is 0 Å². The maximum Gasteiger partial charge on any atom is 0.278 e. The number of fused-ring (bicyclic) bond motifs is 1. The minimum absolute atomic E-state index is 0. The van der Waals surface area contributed by atoms with Gasteiger partial charge in [0.25, 0.3) is 5.56 Å². The van der Waals surface area contributed by atoms with Gasteiger partial charge in [0.1, 0.15) is 36.3 Å². The molecule has 0 bridgehead atoms. The summed E-state index contributed by atoms with van der Waals surface area (Å²) in [5.74, 6) is -0.877. The number of carbonyl (C=O) groups is 4. The Hall–Kier alpha value is -6.08. The number of nitrogens with zero attached hydrogens (tertiary/aromatic N) is 6. The van der Waals surface area contributed by atoms with E-state index in [1.165, 1.54) is 10.9 Å². The van der Waals surface area contributed by atoms with Crippen molar-refractivity contribution in [1.29, 1.82) is 0 Å². The fraction of sp³-hybridized carbons (Fsp3) is 0.433. The number of benzene rings is 2. The average molecular weight is 1260 g/mol. The Morgan fingerprint density at radius 2 is 1.50 bits per heavy atom. The van der Waals surface area contributed by atoms with E-state index in [1.807, 2.05) is 29.2 Å². The average Bonchev–Trinajstić information content (AvgIpc) is 3.69. The van der Waals surface area contributed by atoms with Crippen LogP contribution in [0.25, 0.3) is 16.9 Å². The number of rotatable bonds is 29. The first kappa shape index (κ1) is 70.2. The van der Waals surface area contributed by atoms with Crippen LogP contribution in [0.2, 0.25) is 0 Å². The Labute approximate surface area is 516 Å². The summed E-state index contributed by atoms with van der Waals surface area (Å²) in [5.41, 5.74) is 2.69. The molecule has 0 radical (unpaired) electrons. The number of ether oxygens (including phenoxy) is 4. The van der Waals surface area contributed by atoms with E-state index in [1.54, 1.807) is 87.8 Å². The van der Waals surface area contributed by atoms with E-state index in [2.05, 4.69) is 81.0 Å². The zero-order valence-electron chi connectivity index (χ0n) is 48.4. The first-order valence-electron chi connectivity index (χ1n) is 27.0. The third-order valence-electron chi connectivity index (χ3n) is 12.5. The molecule has 6 N–H and O–H groups in total. The zero-order valence-corrected chi connectivity index (χ0v) is 51.6. The van der Waals surface area contributed by atoms with E-state index in [9.17, 15) is 29.1 Å². The number of amides is 4. The van der Waals surface area contributed by atoms with Gasteiger partial charge in [-0.15, -0.1) is 19.7 Å². The van der Waals surface area contributed by atoms with Crippen molar-refractivity contribution in [2.45, 2.75) is 97.1 Å². The van der Waals surface area contributed by atoms with Crippen LogP contribution in [0.5, 0.6) is 0 Å². The Balaban J connectivity index is 0.000000431. The second-order valence-electron chi connectivity index (χ2n) is 19.8. The van der Waals surface area contributed by atoms with Gasteiger partial charge in [-0.05, 0) is 95.2 Å². The molecule has 1 unspecified atom stereocenters. The van der Waals surface area contributed by atoms with Gasteiger partial charge >= 0.3 is 0 Å². The van der Waals surface area contributed by atoms with E-state index in [0.29, 0.717) is 73.6 Å². The van der Waals surface area contributed by atoms with Gasteiger partial charge in [-0.2, -0.15) is 29.6 Å². The minimum atomic E-state index is -1.15. The number of hydrogen-bond donors (Lipinski definition) is 6. The standard InChI is InChI=1S/C33H51N4O8.C26H29N7O2.CH3.Nd/c1-24(2)31(33(41)35-26(4)32(40)36-27-14-12-25(3)13-15-27)37-30(39)22-44-21-20-43-19-18-42-17-16-34-29(38)23-45-28-10-8-6-5-7-9-11-28;1-6-16-32-24(34)20-17-27-25(28-18-12-14-19(15-13-18)31(7-2)8-3)30-23(20)33(32)22-11-9-10-21(29-22)26(4,5)35;;/h5-6,12-15,24,26,28,31H,3,7-11,16-23H2,1-2,4H3,(H,34,38)(H,35,41)(H,36,40)(H,37,39);6,9-15,17,35H,1-3,7-8,16H2,4-5H3,(H,27,28,30);1H3;/q-1;-2;-1;/b6-5+;;;/t26-,28?,31-;;;/m0.../s1. The summed E-state index contributed by atoms with van der Waals surface area (Å²) >= 11 is 0. The van der Waals surface area contributed by atoms with E-state index in [4.69, 9.17) is 18.9 Å². The van der Waals surface area contributed by atoms with Crippen molar-refractivity contribution >= 4 is 57.7 Å². The molecule has 82 heavy (non-hydrogen) atoms. The third-order valence-corrected chi connectivity index (χ3v) is 12.5. The molecule has 0 aliphatic heterocycles. The van der Waals surface area contributed by atoms with Crippen LogP contribution in [0, 0.1) is 75.0 Å². The molecule has 6 rings (SSSR count). The van der Waals surface area contributed by atoms with Crippen molar-refractivity contribution in [3.05, 3.63) is 148 Å². The van der Waals surface area contributed by atoms with Crippen LogP contribution in [-0.2, 0) is 50.3 Å². The Morgan fingerprint density at radius 3 is 2.16 bits per heavy atom. The van der Waals surface area contributed by atoms with Crippen molar-refractivity contribution in [2.24, 2.45) is 5.92 Å². The summed E-state index contributed by atoms with van der Waals surface area (Å²) in [7, 11) is 0. The molecule has 3 atom stereocenters. The molecule has 22 heteroatoms. The third kappa shape index (κ3) is 22.9. The van der Waals surface area contributed by atoms with Crippen LogP contribution < -0.4 is 37.0 Å². The van der Waals surface area contributed by atoms with E-state index < -0.39 is 29.5 Å². The van der Waals surface area contributed by atoms with Crippen LogP contribution in [0.1, 0.15) is 78.0 Å². The number of pyridine rings is 1. The van der Waals surface area contributed by atoms with Gasteiger partial charge in [0.2, 0.25) is 29.6 Å². The Kier molecular flexibility index (Phi) is 31.2. The number of hydrogen-bond acceptors (Lipinski definition) is 15. The summed E-state index contributed by atoms with van der Waals surface area (Å²) in [4.78, 5) is 78.4. The predicted molar refractivity (Wildman–Crippen MR) is 317 cm³/mol. The van der Waals surface area contributed by atoms with Gasteiger partial charge in [0.15, 0.2) is 11.5 Å². The van der Waals surface area contributed by atoms with Gasteiger partial charge in [-0.1, -0.05) is 50.3 Å². The second kappa shape index (κ2) is 36.5. The predicted octanol–water partition coefficient (Wildman–Crippen LogP) is 6.58. The summed E-state index contributed by atoms with van der Waals surface area (Å²) in [6, 6.07) is 18.4. The van der Waals surface area contributed by atoms with Crippen LogP contribution in [0.15, 0.2) is 103 Å². The number of allylic oxidation sites excluding steroid dienone is 3. The summed E-state index contributed by atoms with van der Waals surface area (Å²) in [5, 5.41) is 24.8. The smallest absolute Gasteiger partial charge is 0.278 e. The van der Waals surface area contributed by atoms with Crippen molar-refractivity contribution < 1.29 is 84.1 Å². The van der Waals surface area contributed by atoms with Crippen LogP contribution in [-0.4, -0.2) is 137 Å². The molecule has 1 aliphatic carbocycles. The number of aliphatic hydroxyl groups is 1. The van der Waals surface area contributed by atoms with Crippen molar-refractivity contribution in [2.75, 3.05) is 81.4 Å². The van der Waals surface area contributed by atoms with E-state index in [-0.39, 0.29) is 111 Å². The minimum Gasteiger partial charge on any atom is -0.432 e. The molecule has 0 spiro atoms. The Morgan fingerprint density at radius 1 is 0.841 bits per heavy atom. The fourth-order valence-electron chi connectivity index (χ4n) is 8.11. The monoisotopic (exact) mass is 1260 g/mol. The topological polar surface area (TPSA) is 254 Å². The van der Waals surface area contributed by atoms with Gasteiger partial charge in [-0.25, -0.2) is 19.3 Å². The summed E-state index contributed by atoms with van der Waals surface area (Å²) < 4.78 is 25.1. The van der Waals surface area contributed by atoms with Gasteiger partial charge in [0, 0.05) is 70.6 Å². The quantitative estimate of drug-likeness (QED) is 0.0168. The fourth-order valence-corrected chi connectivity index (χ4v) is 8.11. The molecule has 2 aromatic carbocycles. The number of nitrogens with one attached hydrogen (secondary N) is 5. The molecular formula is C60H83N11NdO10-4. The van der Waals surface area contributed by atoms with Crippen molar-refractivity contribution in [3.63, 3.8) is 0 Å². The molecule has 21 nitrogen and oxygen atoms in total. The first-order valence-corrected chi connectivity index (χ1v) is 27.0. The number of carbonyl (C=O) groups excluding carboxylic acids is 4. The molecule has 5 aromatic rings. The second-order valence-corrected chi connectivity index (χ2v) is 19.8. The normalized spacial score (nSPS) is 14.2. The maximum absolute atomic E-state index is 13.1. The molecule has 3 aromatic heterocycles. The molecule has 4 amide bonds. The van der Waals surface area contributed by atoms with Crippen molar-refractivity contribution in [1.82, 2.24) is 40.3 Å². The molecule has 446 valence electrons. The summed E-state index contributed by atoms with van der Waals surface area (Å²) in [6.07, 6.45) is 12.7. The van der Waals surface area contributed by atoms with Crippen molar-refractivity contribution in [3.8, 4) is 5.82 Å². The number of aromatic nitrogens is 5. The number of anilines is 4. The van der Waals surface area contributed by atoms with Gasteiger partial charge in [0.05, 0.1) is 51.4 Å². The molecular weight excluding hydrogens is 1180 g/mol. The Bertz CT molecular complexity index is 2850. The van der Waals surface area contributed by atoms with Gasteiger partial charge < -0.3 is 76.8 Å². The maximum atomic E-state index is 13.1. The molecule has 0 saturated heterocycles. The van der Waals surface area contributed by atoms with Crippen LogP contribution in [0.4, 0.5) is 23.0 Å². The summed E-state index contributed by atoms with van der Waals surface area (Å²) in [6.45, 7) is 27.1. The zero-order chi connectivity index (χ0) is 58.0. The first-order chi connectivity index (χ1) is 38.4. The molecule has 3 heterocycles. The van der Waals surface area contributed by atoms with Crippen LogP contribution >= 0.6 is 0 Å².